The molecular weight excluding hydrogens is 228 g/mol. The summed E-state index contributed by atoms with van der Waals surface area (Å²) in [6.45, 7) is 4.09. The largest absolute Gasteiger partial charge is 0.325 e. The Balaban J connectivity index is 2.06. The van der Waals surface area contributed by atoms with Crippen molar-refractivity contribution in [2.75, 3.05) is 5.32 Å². The molecule has 96 valence electrons. The molecule has 1 aromatic carbocycles. The predicted octanol–water partition coefficient (Wildman–Crippen LogP) is 1.87. The highest BCUT2D eigenvalue weighted by molar-refractivity contribution is 5.96. The average molecular weight is 246 g/mol. The second-order valence-corrected chi connectivity index (χ2v) is 4.90. The van der Waals surface area contributed by atoms with Crippen molar-refractivity contribution in [3.63, 3.8) is 0 Å². The third-order valence-electron chi connectivity index (χ3n) is 2.77. The van der Waals surface area contributed by atoms with Crippen LogP contribution in [0, 0.1) is 5.92 Å². The van der Waals surface area contributed by atoms with Crippen LogP contribution in [0.5, 0.6) is 0 Å². The first-order valence-corrected chi connectivity index (χ1v) is 6.06. The lowest BCUT2D eigenvalue weighted by molar-refractivity contribution is -0.117. The Kier molecular flexibility index (Phi) is 3.62. The third kappa shape index (κ3) is 2.87. The number of rotatable bonds is 4. The Bertz CT molecular complexity index is 547. The first-order chi connectivity index (χ1) is 8.56. The zero-order valence-electron chi connectivity index (χ0n) is 10.6. The van der Waals surface area contributed by atoms with Crippen molar-refractivity contribution in [3.8, 4) is 0 Å². The van der Waals surface area contributed by atoms with Crippen LogP contribution in [-0.2, 0) is 4.79 Å². The van der Waals surface area contributed by atoms with E-state index in [-0.39, 0.29) is 5.91 Å². The molecule has 0 aliphatic carbocycles. The van der Waals surface area contributed by atoms with E-state index in [2.05, 4.69) is 15.5 Å². The number of fused-ring (bicyclic) bond motifs is 1. The normalized spacial score (nSPS) is 12.9. The Hall–Kier alpha value is -1.88. The number of aromatic amines is 1. The van der Waals surface area contributed by atoms with Gasteiger partial charge in [0.25, 0.3) is 0 Å². The lowest BCUT2D eigenvalue weighted by atomic mass is 10.0. The second kappa shape index (κ2) is 5.18. The molecule has 0 spiro atoms. The average Bonchev–Trinajstić information content (AvgIpc) is 2.75. The van der Waals surface area contributed by atoms with Crippen LogP contribution in [0.3, 0.4) is 0 Å². The molecule has 4 N–H and O–H groups in total. The monoisotopic (exact) mass is 246 g/mol. The minimum atomic E-state index is -0.470. The number of nitrogens with zero attached hydrogens (tertiary/aromatic N) is 1. The van der Waals surface area contributed by atoms with Crippen molar-refractivity contribution in [3.05, 3.63) is 24.4 Å². The fourth-order valence-corrected chi connectivity index (χ4v) is 1.86. The van der Waals surface area contributed by atoms with Gasteiger partial charge in [-0.1, -0.05) is 13.8 Å². The number of carbonyl (C=O) groups excluding carboxylic acids is 1. The molecule has 0 aliphatic heterocycles. The number of aromatic nitrogens is 2. The highest BCUT2D eigenvalue weighted by Crippen LogP contribution is 2.17. The van der Waals surface area contributed by atoms with E-state index in [4.69, 9.17) is 5.73 Å². The van der Waals surface area contributed by atoms with Gasteiger partial charge >= 0.3 is 0 Å². The molecule has 1 heterocycles. The zero-order valence-corrected chi connectivity index (χ0v) is 10.6. The summed E-state index contributed by atoms with van der Waals surface area (Å²) in [6.07, 6.45) is 2.42. The van der Waals surface area contributed by atoms with E-state index >= 15 is 0 Å². The number of anilines is 1. The van der Waals surface area contributed by atoms with E-state index in [0.29, 0.717) is 12.3 Å². The summed E-state index contributed by atoms with van der Waals surface area (Å²) in [5.74, 6) is 0.253. The second-order valence-electron chi connectivity index (χ2n) is 4.90. The molecule has 5 nitrogen and oxygen atoms in total. The van der Waals surface area contributed by atoms with Gasteiger partial charge in [-0.25, -0.2) is 0 Å². The van der Waals surface area contributed by atoms with Gasteiger partial charge in [-0.05, 0) is 30.5 Å². The standard InChI is InChI=1S/C13H18N4O/c1-8(2)5-11(14)13(18)16-10-4-3-9-7-15-17-12(9)6-10/h3-4,6-8,11H,5,14H2,1-2H3,(H,15,17)(H,16,18)/t11-/m1/s1. The fraction of sp³-hybridized carbons (Fsp3) is 0.385. The van der Waals surface area contributed by atoms with E-state index in [9.17, 15) is 4.79 Å². The molecule has 1 amide bonds. The van der Waals surface area contributed by atoms with Crippen LogP contribution < -0.4 is 11.1 Å². The van der Waals surface area contributed by atoms with E-state index in [1.807, 2.05) is 32.0 Å². The van der Waals surface area contributed by atoms with Gasteiger partial charge in [-0.15, -0.1) is 0 Å². The van der Waals surface area contributed by atoms with Gasteiger partial charge in [0.2, 0.25) is 5.91 Å². The van der Waals surface area contributed by atoms with Crippen molar-refractivity contribution in [1.29, 1.82) is 0 Å². The Morgan fingerprint density at radius 2 is 2.28 bits per heavy atom. The fourth-order valence-electron chi connectivity index (χ4n) is 1.86. The molecule has 0 bridgehead atoms. The summed E-state index contributed by atoms with van der Waals surface area (Å²) in [7, 11) is 0. The van der Waals surface area contributed by atoms with Crippen LogP contribution in [0.1, 0.15) is 20.3 Å². The quantitative estimate of drug-likeness (QED) is 0.770. The van der Waals surface area contributed by atoms with Crippen LogP contribution in [0.25, 0.3) is 10.9 Å². The van der Waals surface area contributed by atoms with Crippen LogP contribution >= 0.6 is 0 Å². The van der Waals surface area contributed by atoms with E-state index in [1.54, 1.807) is 6.20 Å². The topological polar surface area (TPSA) is 83.8 Å². The molecule has 18 heavy (non-hydrogen) atoms. The zero-order chi connectivity index (χ0) is 13.1. The number of hydrogen-bond donors (Lipinski definition) is 3. The molecule has 1 atom stereocenters. The van der Waals surface area contributed by atoms with Gasteiger partial charge in [0.1, 0.15) is 0 Å². The Morgan fingerprint density at radius 3 is 3.00 bits per heavy atom. The molecule has 2 aromatic rings. The lowest BCUT2D eigenvalue weighted by Gasteiger charge is -2.14. The molecule has 1 aromatic heterocycles. The van der Waals surface area contributed by atoms with Crippen molar-refractivity contribution in [2.24, 2.45) is 11.7 Å². The van der Waals surface area contributed by atoms with Crippen LogP contribution in [0.2, 0.25) is 0 Å². The molecule has 0 saturated carbocycles. The number of H-pyrrole nitrogens is 1. The number of nitrogens with two attached hydrogens (primary N) is 1. The maximum atomic E-state index is 11.9. The van der Waals surface area contributed by atoms with Crippen molar-refractivity contribution in [1.82, 2.24) is 10.2 Å². The molecule has 0 unspecified atom stereocenters. The molecular formula is C13H18N4O. The highest BCUT2D eigenvalue weighted by Gasteiger charge is 2.15. The smallest absolute Gasteiger partial charge is 0.241 e. The number of amides is 1. The molecule has 0 radical (unpaired) electrons. The van der Waals surface area contributed by atoms with Crippen LogP contribution in [0.4, 0.5) is 5.69 Å². The van der Waals surface area contributed by atoms with E-state index < -0.39 is 6.04 Å². The SMILES string of the molecule is CC(C)C[C@@H](N)C(=O)Nc1ccc2cn[nH]c2c1. The minimum Gasteiger partial charge on any atom is -0.325 e. The summed E-state index contributed by atoms with van der Waals surface area (Å²) >= 11 is 0. The molecule has 0 fully saturated rings. The van der Waals surface area contributed by atoms with Gasteiger partial charge in [0.05, 0.1) is 17.8 Å². The molecule has 0 aliphatic rings. The van der Waals surface area contributed by atoms with Crippen molar-refractivity contribution in [2.45, 2.75) is 26.3 Å². The minimum absolute atomic E-state index is 0.150. The lowest BCUT2D eigenvalue weighted by Crippen LogP contribution is -2.36. The van der Waals surface area contributed by atoms with Gasteiger partial charge in [-0.2, -0.15) is 5.10 Å². The van der Waals surface area contributed by atoms with Gasteiger partial charge in [-0.3, -0.25) is 9.89 Å². The van der Waals surface area contributed by atoms with Crippen LogP contribution in [0.15, 0.2) is 24.4 Å². The number of benzene rings is 1. The first kappa shape index (κ1) is 12.6. The Labute approximate surface area is 106 Å². The van der Waals surface area contributed by atoms with Crippen molar-refractivity contribution < 1.29 is 4.79 Å². The van der Waals surface area contributed by atoms with Crippen LogP contribution in [-0.4, -0.2) is 22.1 Å². The number of carbonyl (C=O) groups is 1. The van der Waals surface area contributed by atoms with E-state index in [1.165, 1.54) is 0 Å². The highest BCUT2D eigenvalue weighted by atomic mass is 16.2. The van der Waals surface area contributed by atoms with Gasteiger partial charge in [0.15, 0.2) is 0 Å². The van der Waals surface area contributed by atoms with Gasteiger partial charge in [0, 0.05) is 11.1 Å². The summed E-state index contributed by atoms with van der Waals surface area (Å²) in [4.78, 5) is 11.9. The van der Waals surface area contributed by atoms with Gasteiger partial charge < -0.3 is 11.1 Å². The number of hydrogen-bond acceptors (Lipinski definition) is 3. The summed E-state index contributed by atoms with van der Waals surface area (Å²) in [5, 5.41) is 10.6. The molecule has 5 heteroatoms. The first-order valence-electron chi connectivity index (χ1n) is 6.06. The maximum absolute atomic E-state index is 11.9. The van der Waals surface area contributed by atoms with E-state index in [0.717, 1.165) is 16.6 Å². The molecule has 0 saturated heterocycles. The summed E-state index contributed by atoms with van der Waals surface area (Å²) in [5.41, 5.74) is 7.45. The van der Waals surface area contributed by atoms with Crippen molar-refractivity contribution >= 4 is 22.5 Å². The summed E-state index contributed by atoms with van der Waals surface area (Å²) < 4.78 is 0. The predicted molar refractivity (Wildman–Crippen MR) is 72.2 cm³/mol. The Morgan fingerprint density at radius 1 is 1.50 bits per heavy atom. The number of nitrogens with one attached hydrogen (secondary N) is 2. The maximum Gasteiger partial charge on any atom is 0.241 e. The molecule has 2 rings (SSSR count). The summed E-state index contributed by atoms with van der Waals surface area (Å²) in [6, 6.07) is 5.13. The third-order valence-corrected chi connectivity index (χ3v) is 2.77.